The Morgan fingerprint density at radius 3 is 2.89 bits per heavy atom. The van der Waals surface area contributed by atoms with Gasteiger partial charge in [-0.25, -0.2) is 0 Å². The summed E-state index contributed by atoms with van der Waals surface area (Å²) in [6.45, 7) is 6.90. The van der Waals surface area contributed by atoms with E-state index in [1.165, 1.54) is 17.7 Å². The molecule has 1 aromatic heterocycles. The summed E-state index contributed by atoms with van der Waals surface area (Å²) in [5.41, 5.74) is 0. The van der Waals surface area contributed by atoms with Crippen molar-refractivity contribution in [3.8, 4) is 0 Å². The quantitative estimate of drug-likeness (QED) is 0.888. The molecule has 1 N–H and O–H groups in total. The molecule has 1 aromatic rings. The molecule has 2 rings (SSSR count). The number of nitrogens with one attached hydrogen (secondary N) is 1. The summed E-state index contributed by atoms with van der Waals surface area (Å²) in [5, 5.41) is 3.45. The third kappa shape index (κ3) is 3.12. The summed E-state index contributed by atoms with van der Waals surface area (Å²) in [6, 6.07) is 4.52. The molecule has 0 aromatic carbocycles. The predicted molar refractivity (Wildman–Crippen MR) is 76.3 cm³/mol. The molecule has 1 amide bonds. The van der Waals surface area contributed by atoms with Gasteiger partial charge in [-0.1, -0.05) is 6.92 Å². The van der Waals surface area contributed by atoms with Crippen molar-refractivity contribution in [3.05, 3.63) is 21.9 Å². The number of carbonyl (C=O) groups is 1. The van der Waals surface area contributed by atoms with Gasteiger partial charge in [-0.05, 0) is 44.9 Å². The minimum Gasteiger partial charge on any atom is -0.337 e. The monoisotopic (exact) mass is 266 g/mol. The largest absolute Gasteiger partial charge is 0.337 e. The number of hydrogen-bond donors (Lipinski definition) is 1. The highest BCUT2D eigenvalue weighted by molar-refractivity contribution is 7.14. The molecule has 2 heterocycles. The zero-order chi connectivity index (χ0) is 13.0. The lowest BCUT2D eigenvalue weighted by Crippen LogP contribution is -2.40. The van der Waals surface area contributed by atoms with E-state index >= 15 is 0 Å². The first-order valence-corrected chi connectivity index (χ1v) is 7.67. The van der Waals surface area contributed by atoms with Gasteiger partial charge in [-0.15, -0.1) is 11.3 Å². The summed E-state index contributed by atoms with van der Waals surface area (Å²) in [5.74, 6) is 0.191. The lowest BCUT2D eigenvalue weighted by Gasteiger charge is -2.23. The predicted octanol–water partition coefficient (Wildman–Crippen LogP) is 2.52. The first-order chi connectivity index (χ1) is 8.74. The number of rotatable bonds is 5. The second kappa shape index (κ2) is 6.34. The molecule has 4 heteroatoms. The van der Waals surface area contributed by atoms with Gasteiger partial charge in [0.05, 0.1) is 4.88 Å². The molecular weight excluding hydrogens is 244 g/mol. The second-order valence-corrected chi connectivity index (χ2v) is 5.92. The molecule has 1 saturated heterocycles. The Balaban J connectivity index is 1.99. The van der Waals surface area contributed by atoms with Gasteiger partial charge in [0, 0.05) is 24.0 Å². The normalized spacial score (nSPS) is 19.1. The fraction of sp³-hybridized carbons (Fsp3) is 0.643. The van der Waals surface area contributed by atoms with Crippen LogP contribution in [0.4, 0.5) is 0 Å². The van der Waals surface area contributed by atoms with Gasteiger partial charge in [0.25, 0.3) is 5.91 Å². The van der Waals surface area contributed by atoms with Crippen LogP contribution >= 0.6 is 11.3 Å². The molecule has 0 radical (unpaired) electrons. The molecule has 1 atom stereocenters. The smallest absolute Gasteiger partial charge is 0.263 e. The lowest BCUT2D eigenvalue weighted by molar-refractivity contribution is 0.0756. The van der Waals surface area contributed by atoms with Crippen molar-refractivity contribution in [1.82, 2.24) is 10.2 Å². The van der Waals surface area contributed by atoms with Crippen LogP contribution in [-0.2, 0) is 6.42 Å². The summed E-state index contributed by atoms with van der Waals surface area (Å²) >= 11 is 1.63. The van der Waals surface area contributed by atoms with Crippen LogP contribution in [0.25, 0.3) is 0 Å². The van der Waals surface area contributed by atoms with Crippen molar-refractivity contribution >= 4 is 17.2 Å². The zero-order valence-electron chi connectivity index (χ0n) is 11.2. The van der Waals surface area contributed by atoms with Gasteiger partial charge in [0.1, 0.15) is 0 Å². The topological polar surface area (TPSA) is 32.3 Å². The molecule has 100 valence electrons. The first-order valence-electron chi connectivity index (χ1n) is 6.86. The Kier molecular flexibility index (Phi) is 4.78. The number of aryl methyl sites for hydroxylation is 1. The summed E-state index contributed by atoms with van der Waals surface area (Å²) in [7, 11) is 0. The van der Waals surface area contributed by atoms with Gasteiger partial charge < -0.3 is 10.2 Å². The van der Waals surface area contributed by atoms with Crippen LogP contribution in [0.2, 0.25) is 0 Å². The maximum atomic E-state index is 12.4. The third-order valence-electron chi connectivity index (χ3n) is 3.49. The van der Waals surface area contributed by atoms with Crippen LogP contribution in [0.3, 0.4) is 0 Å². The van der Waals surface area contributed by atoms with Crippen molar-refractivity contribution in [1.29, 1.82) is 0 Å². The number of amides is 1. The summed E-state index contributed by atoms with van der Waals surface area (Å²) in [4.78, 5) is 16.5. The van der Waals surface area contributed by atoms with Gasteiger partial charge in [0.15, 0.2) is 0 Å². The van der Waals surface area contributed by atoms with E-state index in [4.69, 9.17) is 0 Å². The maximum absolute atomic E-state index is 12.4. The van der Waals surface area contributed by atoms with Crippen LogP contribution in [0, 0.1) is 0 Å². The van der Waals surface area contributed by atoms with Crippen LogP contribution in [0.15, 0.2) is 12.1 Å². The number of thiophene rings is 1. The van der Waals surface area contributed by atoms with Gasteiger partial charge in [-0.2, -0.15) is 0 Å². The number of carbonyl (C=O) groups excluding carboxylic acids is 1. The highest BCUT2D eigenvalue weighted by atomic mass is 32.1. The Morgan fingerprint density at radius 2 is 2.33 bits per heavy atom. The highest BCUT2D eigenvalue weighted by Crippen LogP contribution is 2.19. The lowest BCUT2D eigenvalue weighted by atomic mass is 10.2. The van der Waals surface area contributed by atoms with Crippen LogP contribution in [0.1, 0.15) is 41.2 Å². The van der Waals surface area contributed by atoms with Gasteiger partial charge >= 0.3 is 0 Å². The average Bonchev–Trinajstić information content (AvgIpc) is 3.06. The minimum absolute atomic E-state index is 0.191. The van der Waals surface area contributed by atoms with Crippen molar-refractivity contribution in [2.75, 3.05) is 19.6 Å². The SMILES string of the molecule is CCc1ccc(C(=O)N(CC)CC2CCCN2)s1. The Bertz CT molecular complexity index is 396. The third-order valence-corrected chi connectivity index (χ3v) is 4.71. The highest BCUT2D eigenvalue weighted by Gasteiger charge is 2.22. The first kappa shape index (κ1) is 13.6. The molecule has 0 bridgehead atoms. The molecular formula is C14H22N2OS. The molecule has 1 unspecified atom stereocenters. The van der Waals surface area contributed by atoms with Crippen LogP contribution in [0.5, 0.6) is 0 Å². The fourth-order valence-corrected chi connectivity index (χ4v) is 3.29. The Hall–Kier alpha value is -0.870. The van der Waals surface area contributed by atoms with Crippen LogP contribution in [-0.4, -0.2) is 36.5 Å². The van der Waals surface area contributed by atoms with E-state index in [-0.39, 0.29) is 5.91 Å². The molecule has 18 heavy (non-hydrogen) atoms. The van der Waals surface area contributed by atoms with E-state index < -0.39 is 0 Å². The van der Waals surface area contributed by atoms with E-state index in [1.807, 2.05) is 11.0 Å². The van der Waals surface area contributed by atoms with Crippen LogP contribution < -0.4 is 5.32 Å². The molecule has 0 spiro atoms. The Morgan fingerprint density at radius 1 is 1.50 bits per heavy atom. The number of likely N-dealkylation sites (N-methyl/N-ethyl adjacent to an activating group) is 1. The zero-order valence-corrected chi connectivity index (χ0v) is 12.1. The molecule has 1 aliphatic heterocycles. The van der Waals surface area contributed by atoms with E-state index in [0.29, 0.717) is 6.04 Å². The fourth-order valence-electron chi connectivity index (χ4n) is 2.37. The van der Waals surface area contributed by atoms with Crippen molar-refractivity contribution < 1.29 is 4.79 Å². The molecule has 0 aliphatic carbocycles. The molecule has 1 aliphatic rings. The van der Waals surface area contributed by atoms with E-state index in [1.54, 1.807) is 11.3 Å². The van der Waals surface area contributed by atoms with Crippen molar-refractivity contribution in [2.45, 2.75) is 39.2 Å². The van der Waals surface area contributed by atoms with E-state index in [9.17, 15) is 4.79 Å². The van der Waals surface area contributed by atoms with E-state index in [2.05, 4.69) is 25.2 Å². The number of hydrogen-bond acceptors (Lipinski definition) is 3. The molecule has 3 nitrogen and oxygen atoms in total. The minimum atomic E-state index is 0.191. The molecule has 1 fully saturated rings. The van der Waals surface area contributed by atoms with Gasteiger partial charge in [-0.3, -0.25) is 4.79 Å². The van der Waals surface area contributed by atoms with Crippen molar-refractivity contribution in [3.63, 3.8) is 0 Å². The second-order valence-electron chi connectivity index (χ2n) is 4.76. The van der Waals surface area contributed by atoms with Gasteiger partial charge in [0.2, 0.25) is 0 Å². The summed E-state index contributed by atoms with van der Waals surface area (Å²) in [6.07, 6.45) is 3.43. The standard InChI is InChI=1S/C14H22N2OS/c1-3-12-7-8-13(18-12)14(17)16(4-2)10-11-6-5-9-15-11/h7-8,11,15H,3-6,9-10H2,1-2H3. The van der Waals surface area contributed by atoms with E-state index in [0.717, 1.165) is 30.9 Å². The Labute approximate surface area is 113 Å². The molecule has 0 saturated carbocycles. The summed E-state index contributed by atoms with van der Waals surface area (Å²) < 4.78 is 0. The van der Waals surface area contributed by atoms with Crippen molar-refractivity contribution in [2.24, 2.45) is 0 Å². The number of nitrogens with zero attached hydrogens (tertiary/aromatic N) is 1. The average molecular weight is 266 g/mol. The maximum Gasteiger partial charge on any atom is 0.263 e.